The fourth-order valence-corrected chi connectivity index (χ4v) is 8.51. The number of nitrogens with zero attached hydrogens (tertiary/aromatic N) is 6. The summed E-state index contributed by atoms with van der Waals surface area (Å²) in [5, 5.41) is 11.7. The molecule has 3 aromatic carbocycles. The zero-order valence-corrected chi connectivity index (χ0v) is 35.6. The number of rotatable bonds is 16. The Labute approximate surface area is 365 Å². The smallest absolute Gasteiger partial charge is 0.491 e. The first kappa shape index (κ1) is 43.1. The first-order valence-electron chi connectivity index (χ1n) is 20.3. The van der Waals surface area contributed by atoms with Crippen molar-refractivity contribution in [2.75, 3.05) is 46.4 Å². The summed E-state index contributed by atoms with van der Waals surface area (Å²) in [4.78, 5) is 31.3. The van der Waals surface area contributed by atoms with Gasteiger partial charge in [0.25, 0.3) is 0 Å². The lowest BCUT2D eigenvalue weighted by molar-refractivity contribution is -0.274. The molecule has 2 aliphatic rings. The Morgan fingerprint density at radius 3 is 2.56 bits per heavy atom. The van der Waals surface area contributed by atoms with Crippen molar-refractivity contribution in [2.24, 2.45) is 0 Å². The number of alkyl halides is 3. The van der Waals surface area contributed by atoms with Gasteiger partial charge in [-0.1, -0.05) is 54.4 Å². The molecule has 6 aromatic rings. The van der Waals surface area contributed by atoms with Crippen LogP contribution in [0.4, 0.5) is 13.2 Å². The fourth-order valence-electron chi connectivity index (χ4n) is 7.60. The molecule has 1 atom stereocenters. The molecule has 1 N–H and O–H groups in total. The monoisotopic (exact) mass is 888 g/mol. The molecule has 0 bridgehead atoms. The molecule has 2 fully saturated rings. The van der Waals surface area contributed by atoms with Crippen LogP contribution in [-0.4, -0.2) is 99.0 Å². The van der Waals surface area contributed by atoms with Gasteiger partial charge < -0.3 is 29.0 Å². The van der Waals surface area contributed by atoms with Gasteiger partial charge in [-0.2, -0.15) is 4.37 Å². The average Bonchev–Trinajstić information content (AvgIpc) is 3.64. The number of likely N-dealkylation sites (N-methyl/N-ethyl adjacent to an activating group) is 1. The lowest BCUT2D eigenvalue weighted by Gasteiger charge is -2.32. The highest BCUT2D eigenvalue weighted by Crippen LogP contribution is 2.48. The van der Waals surface area contributed by atoms with E-state index in [1.54, 1.807) is 42.6 Å². The van der Waals surface area contributed by atoms with E-state index in [-0.39, 0.29) is 30.7 Å². The van der Waals surface area contributed by atoms with Crippen LogP contribution in [0, 0.1) is 6.92 Å². The molecule has 0 spiro atoms. The lowest BCUT2D eigenvalue weighted by Crippen LogP contribution is -2.45. The number of pyridine rings is 1. The maximum Gasteiger partial charge on any atom is 0.573 e. The summed E-state index contributed by atoms with van der Waals surface area (Å²) in [6.07, 6.45) is 0.0530. The molecule has 1 aliphatic heterocycles. The summed E-state index contributed by atoms with van der Waals surface area (Å²) in [6, 6.07) is 17.9. The van der Waals surface area contributed by atoms with Crippen LogP contribution in [0.25, 0.3) is 32.6 Å². The maximum atomic E-state index is 12.9. The van der Waals surface area contributed by atoms with Crippen LogP contribution in [0.2, 0.25) is 5.02 Å². The Morgan fingerprint density at radius 1 is 1.00 bits per heavy atom. The average molecular weight is 889 g/mol. The molecule has 1 aliphatic carbocycles. The normalized spacial score (nSPS) is 15.6. The van der Waals surface area contributed by atoms with Crippen molar-refractivity contribution < 1.29 is 42.0 Å². The van der Waals surface area contributed by atoms with Gasteiger partial charge >= 0.3 is 12.3 Å². The van der Waals surface area contributed by atoms with E-state index in [4.69, 9.17) is 30.8 Å². The molecule has 1 unspecified atom stereocenters. The number of halogens is 4. The van der Waals surface area contributed by atoms with Gasteiger partial charge in [0.2, 0.25) is 12.0 Å². The number of benzene rings is 3. The first-order chi connectivity index (χ1) is 29.9. The number of carboxylic acids is 1. The molecule has 0 amide bonds. The minimum atomic E-state index is -4.85. The van der Waals surface area contributed by atoms with Crippen molar-refractivity contribution in [1.82, 2.24) is 29.1 Å². The van der Waals surface area contributed by atoms with Crippen LogP contribution in [0.5, 0.6) is 23.1 Å². The number of ether oxygens (including phenoxy) is 4. The van der Waals surface area contributed by atoms with Crippen molar-refractivity contribution in [3.63, 3.8) is 0 Å². The van der Waals surface area contributed by atoms with Gasteiger partial charge in [-0.3, -0.25) is 9.88 Å². The number of piperazine rings is 1. The summed E-state index contributed by atoms with van der Waals surface area (Å²) in [5.74, 6) is 0.00530. The highest BCUT2D eigenvalue weighted by molar-refractivity contribution is 7.13. The number of hydrogen-bond acceptors (Lipinski definition) is 12. The molecule has 1 saturated heterocycles. The molecular weight excluding hydrogens is 845 g/mol. The number of carboxylic acid groups (broad SMARTS) is 1. The number of aromatic nitrogens is 4. The maximum absolute atomic E-state index is 12.9. The van der Waals surface area contributed by atoms with Gasteiger partial charge in [-0.05, 0) is 85.4 Å². The predicted octanol–water partition coefficient (Wildman–Crippen LogP) is 9.22. The van der Waals surface area contributed by atoms with Gasteiger partial charge in [0, 0.05) is 68.6 Å². The molecule has 17 heteroatoms. The Balaban J connectivity index is 1.02. The van der Waals surface area contributed by atoms with Crippen molar-refractivity contribution in [3.05, 3.63) is 107 Å². The van der Waals surface area contributed by atoms with E-state index < -0.39 is 24.2 Å². The first-order valence-corrected chi connectivity index (χ1v) is 21.4. The Kier molecular flexibility index (Phi) is 13.1. The summed E-state index contributed by atoms with van der Waals surface area (Å²) < 4.78 is 66.7. The SMILES string of the molecule is Cc1c(-c2c(C3CCC3)ncc3snc(OC(Cc4ccccc4OCc4ccnc(-c5cccc(OC(F)(F)F)c5)n4)C(=O)O)c23)ccc(OCCN2CCN(C)CC2)c1Cl. The molecule has 12 nitrogen and oxygen atoms in total. The van der Waals surface area contributed by atoms with Crippen LogP contribution < -0.4 is 18.9 Å². The number of carbonyl (C=O) groups is 1. The third-order valence-corrected chi connectivity index (χ3v) is 12.4. The second kappa shape index (κ2) is 18.8. The van der Waals surface area contributed by atoms with E-state index >= 15 is 0 Å². The summed E-state index contributed by atoms with van der Waals surface area (Å²) in [6.45, 7) is 7.27. The number of hydrogen-bond donors (Lipinski definition) is 1. The van der Waals surface area contributed by atoms with E-state index in [9.17, 15) is 23.1 Å². The molecule has 324 valence electrons. The second-order valence-corrected chi connectivity index (χ2v) is 16.6. The number of aliphatic carboxylic acids is 1. The Morgan fingerprint density at radius 2 is 1.81 bits per heavy atom. The Bertz CT molecular complexity index is 2550. The number of fused-ring (bicyclic) bond motifs is 1. The van der Waals surface area contributed by atoms with Gasteiger partial charge in [-0.15, -0.1) is 13.2 Å². The third-order valence-electron chi connectivity index (χ3n) is 11.2. The summed E-state index contributed by atoms with van der Waals surface area (Å²) >= 11 is 8.23. The van der Waals surface area contributed by atoms with Crippen molar-refractivity contribution in [3.8, 4) is 45.6 Å². The van der Waals surface area contributed by atoms with Crippen LogP contribution in [0.3, 0.4) is 0 Å². The van der Waals surface area contributed by atoms with E-state index in [0.29, 0.717) is 45.3 Å². The highest BCUT2D eigenvalue weighted by atomic mass is 35.5. The third kappa shape index (κ3) is 10.0. The van der Waals surface area contributed by atoms with Gasteiger partial charge in [0.1, 0.15) is 30.5 Å². The molecule has 1 saturated carbocycles. The molecule has 3 aromatic heterocycles. The summed E-state index contributed by atoms with van der Waals surface area (Å²) in [7, 11) is 2.13. The fraction of sp³-hybridized carbons (Fsp3) is 0.356. The molecular formula is C45H44ClF3N6O6S. The van der Waals surface area contributed by atoms with Crippen LogP contribution >= 0.6 is 23.1 Å². The zero-order chi connectivity index (χ0) is 43.4. The van der Waals surface area contributed by atoms with E-state index in [1.165, 1.54) is 35.9 Å². The van der Waals surface area contributed by atoms with E-state index in [2.05, 4.69) is 35.9 Å². The minimum Gasteiger partial charge on any atom is -0.491 e. The quantitative estimate of drug-likeness (QED) is 0.0994. The molecule has 4 heterocycles. The Hall–Kier alpha value is -5.55. The second-order valence-electron chi connectivity index (χ2n) is 15.4. The summed E-state index contributed by atoms with van der Waals surface area (Å²) in [5.41, 5.74) is 4.72. The van der Waals surface area contributed by atoms with Crippen LogP contribution in [0.1, 0.15) is 47.7 Å². The minimum absolute atomic E-state index is 0.0388. The van der Waals surface area contributed by atoms with Crippen molar-refractivity contribution >= 4 is 39.2 Å². The molecule has 0 radical (unpaired) electrons. The van der Waals surface area contributed by atoms with Crippen LogP contribution in [-0.2, 0) is 17.8 Å². The lowest BCUT2D eigenvalue weighted by atomic mass is 9.79. The van der Waals surface area contributed by atoms with Crippen molar-refractivity contribution in [2.45, 2.75) is 57.6 Å². The van der Waals surface area contributed by atoms with Gasteiger partial charge in [0.15, 0.2) is 5.82 Å². The number of para-hydroxylation sites is 1. The van der Waals surface area contributed by atoms with E-state index in [1.807, 2.05) is 19.1 Å². The zero-order valence-electron chi connectivity index (χ0n) is 34.0. The molecule has 62 heavy (non-hydrogen) atoms. The van der Waals surface area contributed by atoms with Crippen LogP contribution in [0.15, 0.2) is 79.1 Å². The van der Waals surface area contributed by atoms with Gasteiger partial charge in [0.05, 0.1) is 26.5 Å². The highest BCUT2D eigenvalue weighted by Gasteiger charge is 2.32. The van der Waals surface area contributed by atoms with Gasteiger partial charge in [-0.25, -0.2) is 14.8 Å². The predicted molar refractivity (Wildman–Crippen MR) is 229 cm³/mol. The largest absolute Gasteiger partial charge is 0.573 e. The van der Waals surface area contributed by atoms with E-state index in [0.717, 1.165) is 79.1 Å². The standard InChI is InChI=1S/C45H44ClF3N6O6S/c1-27-33(13-14-35(40(27)46)58-22-21-55-19-17-54(2)18-20-55)38-39-37(25-51-41(38)28-8-5-9-28)62-53-43(39)60-36(44(56)57)24-29-7-3-4-12-34(29)59-26-31-15-16-50-42(52-31)30-10-6-11-32(23-30)61-45(47,48)49/h3-4,6-7,10-16,23,25,28,36H,5,8-9,17-22,24,26H2,1-2H3,(H,56,57). The molecule has 8 rings (SSSR count). The topological polar surface area (TPSA) is 132 Å². The van der Waals surface area contributed by atoms with Crippen molar-refractivity contribution in [1.29, 1.82) is 0 Å².